The second-order valence-corrected chi connectivity index (χ2v) is 4.13. The van der Waals surface area contributed by atoms with E-state index in [0.29, 0.717) is 12.0 Å². The summed E-state index contributed by atoms with van der Waals surface area (Å²) in [6, 6.07) is 0. The Bertz CT molecular complexity index is 297. The normalized spacial score (nSPS) is 11.8. The van der Waals surface area contributed by atoms with Gasteiger partial charge in [-0.05, 0) is 42.6 Å². The standard InChI is InChI=1S/C12H19BrO4/c1-4-7-8-9(11(14)16-5-2)10(13)12(15)17-6-3/h4-8H2,1-3H3/b10-9+. The van der Waals surface area contributed by atoms with E-state index >= 15 is 0 Å². The predicted molar refractivity (Wildman–Crippen MR) is 68.7 cm³/mol. The molecule has 0 N–H and O–H groups in total. The number of carbonyl (C=O) groups is 2. The van der Waals surface area contributed by atoms with Crippen LogP contribution in [-0.4, -0.2) is 25.2 Å². The lowest BCUT2D eigenvalue weighted by Crippen LogP contribution is -2.14. The first-order valence-electron chi connectivity index (χ1n) is 5.81. The molecule has 0 atom stereocenters. The van der Waals surface area contributed by atoms with Crippen LogP contribution in [0.25, 0.3) is 0 Å². The van der Waals surface area contributed by atoms with Gasteiger partial charge in [0, 0.05) is 0 Å². The van der Waals surface area contributed by atoms with Crippen LogP contribution in [0, 0.1) is 0 Å². The summed E-state index contributed by atoms with van der Waals surface area (Å²) in [5.41, 5.74) is 0.354. The van der Waals surface area contributed by atoms with E-state index in [9.17, 15) is 9.59 Å². The Kier molecular flexibility index (Phi) is 8.76. The summed E-state index contributed by atoms with van der Waals surface area (Å²) in [6.07, 6.45) is 2.27. The molecular formula is C12H19BrO4. The van der Waals surface area contributed by atoms with E-state index in [2.05, 4.69) is 15.9 Å². The zero-order valence-corrected chi connectivity index (χ0v) is 12.1. The van der Waals surface area contributed by atoms with E-state index in [1.165, 1.54) is 0 Å². The van der Waals surface area contributed by atoms with Crippen molar-refractivity contribution < 1.29 is 19.1 Å². The highest BCUT2D eigenvalue weighted by atomic mass is 79.9. The molecule has 17 heavy (non-hydrogen) atoms. The van der Waals surface area contributed by atoms with Gasteiger partial charge in [0.05, 0.1) is 18.8 Å². The third-order valence-corrected chi connectivity index (χ3v) is 2.82. The van der Waals surface area contributed by atoms with Crippen LogP contribution in [0.4, 0.5) is 0 Å². The van der Waals surface area contributed by atoms with Crippen molar-refractivity contribution in [3.05, 3.63) is 10.1 Å². The monoisotopic (exact) mass is 306 g/mol. The molecule has 0 heterocycles. The number of ether oxygens (including phenoxy) is 2. The van der Waals surface area contributed by atoms with Crippen LogP contribution in [0.5, 0.6) is 0 Å². The molecule has 0 fully saturated rings. The highest BCUT2D eigenvalue weighted by Gasteiger charge is 2.20. The van der Waals surface area contributed by atoms with Crippen LogP contribution in [0.2, 0.25) is 0 Å². The fourth-order valence-corrected chi connectivity index (χ4v) is 1.67. The molecule has 0 saturated heterocycles. The van der Waals surface area contributed by atoms with E-state index in [1.54, 1.807) is 13.8 Å². The molecule has 0 aromatic rings. The van der Waals surface area contributed by atoms with Crippen LogP contribution in [0.3, 0.4) is 0 Å². The maximum atomic E-state index is 11.7. The molecule has 98 valence electrons. The third-order valence-electron chi connectivity index (χ3n) is 2.02. The minimum absolute atomic E-state index is 0.172. The van der Waals surface area contributed by atoms with E-state index in [4.69, 9.17) is 9.47 Å². The molecule has 4 nitrogen and oxygen atoms in total. The number of esters is 2. The molecule has 0 aromatic heterocycles. The topological polar surface area (TPSA) is 52.6 Å². The molecule has 0 saturated carbocycles. The van der Waals surface area contributed by atoms with E-state index < -0.39 is 11.9 Å². The lowest BCUT2D eigenvalue weighted by Gasteiger charge is -2.09. The van der Waals surface area contributed by atoms with Crippen molar-refractivity contribution in [1.82, 2.24) is 0 Å². The molecule has 0 bridgehead atoms. The average Bonchev–Trinajstić information content (AvgIpc) is 2.30. The Morgan fingerprint density at radius 1 is 1.00 bits per heavy atom. The summed E-state index contributed by atoms with van der Waals surface area (Å²) < 4.78 is 9.93. The van der Waals surface area contributed by atoms with Crippen molar-refractivity contribution >= 4 is 27.9 Å². The molecule has 5 heteroatoms. The molecule has 0 aliphatic carbocycles. The van der Waals surface area contributed by atoms with Gasteiger partial charge in [0.2, 0.25) is 0 Å². The summed E-state index contributed by atoms with van der Waals surface area (Å²) in [5, 5.41) is 0. The summed E-state index contributed by atoms with van der Waals surface area (Å²) in [4.78, 5) is 23.2. The van der Waals surface area contributed by atoms with E-state index in [-0.39, 0.29) is 17.7 Å². The first kappa shape index (κ1) is 16.2. The lowest BCUT2D eigenvalue weighted by molar-refractivity contribution is -0.141. The fraction of sp³-hybridized carbons (Fsp3) is 0.667. The van der Waals surface area contributed by atoms with Crippen LogP contribution in [-0.2, 0) is 19.1 Å². The molecule has 0 aliphatic rings. The average molecular weight is 307 g/mol. The summed E-state index contributed by atoms with van der Waals surface area (Å²) in [6.45, 7) is 6.03. The zero-order chi connectivity index (χ0) is 13.3. The van der Waals surface area contributed by atoms with E-state index in [0.717, 1.165) is 12.8 Å². The minimum atomic E-state index is -0.522. The second-order valence-electron chi connectivity index (χ2n) is 3.34. The molecule has 0 aliphatic heterocycles. The maximum Gasteiger partial charge on any atom is 0.345 e. The van der Waals surface area contributed by atoms with Crippen LogP contribution in [0.15, 0.2) is 10.1 Å². The van der Waals surface area contributed by atoms with Crippen LogP contribution in [0.1, 0.15) is 40.0 Å². The molecular weight excluding hydrogens is 288 g/mol. The molecule has 0 radical (unpaired) electrons. The Morgan fingerprint density at radius 2 is 1.53 bits per heavy atom. The van der Waals surface area contributed by atoms with E-state index in [1.807, 2.05) is 6.92 Å². The summed E-state index contributed by atoms with van der Waals surface area (Å²) >= 11 is 3.12. The second kappa shape index (κ2) is 9.22. The number of hydrogen-bond acceptors (Lipinski definition) is 4. The van der Waals surface area contributed by atoms with Gasteiger partial charge in [0.15, 0.2) is 0 Å². The smallest absolute Gasteiger partial charge is 0.345 e. The van der Waals surface area contributed by atoms with Gasteiger partial charge < -0.3 is 9.47 Å². The van der Waals surface area contributed by atoms with Crippen molar-refractivity contribution in [2.45, 2.75) is 40.0 Å². The van der Waals surface area contributed by atoms with Gasteiger partial charge in [-0.2, -0.15) is 0 Å². The molecule has 0 aromatic carbocycles. The highest BCUT2D eigenvalue weighted by Crippen LogP contribution is 2.20. The fourth-order valence-electron chi connectivity index (χ4n) is 1.19. The Balaban J connectivity index is 4.91. The molecule has 0 spiro atoms. The molecule has 0 unspecified atom stereocenters. The zero-order valence-electron chi connectivity index (χ0n) is 10.5. The van der Waals surface area contributed by atoms with Gasteiger partial charge in [0.1, 0.15) is 4.48 Å². The lowest BCUT2D eigenvalue weighted by atomic mass is 10.1. The van der Waals surface area contributed by atoms with Gasteiger partial charge in [-0.25, -0.2) is 9.59 Å². The maximum absolute atomic E-state index is 11.7. The van der Waals surface area contributed by atoms with Crippen molar-refractivity contribution in [2.24, 2.45) is 0 Å². The van der Waals surface area contributed by atoms with Crippen molar-refractivity contribution in [3.8, 4) is 0 Å². The van der Waals surface area contributed by atoms with Crippen molar-refractivity contribution in [3.63, 3.8) is 0 Å². The van der Waals surface area contributed by atoms with Gasteiger partial charge in [0.25, 0.3) is 0 Å². The summed E-state index contributed by atoms with van der Waals surface area (Å²) in [5.74, 6) is -0.979. The number of unbranched alkanes of at least 4 members (excludes halogenated alkanes) is 1. The number of hydrogen-bond donors (Lipinski definition) is 0. The first-order chi connectivity index (χ1) is 8.08. The van der Waals surface area contributed by atoms with Crippen molar-refractivity contribution in [2.75, 3.05) is 13.2 Å². The summed E-state index contributed by atoms with van der Waals surface area (Å²) in [7, 11) is 0. The minimum Gasteiger partial charge on any atom is -0.463 e. The largest absolute Gasteiger partial charge is 0.463 e. The predicted octanol–water partition coefficient (Wildman–Crippen LogP) is 2.95. The molecule has 0 rings (SSSR count). The van der Waals surface area contributed by atoms with Gasteiger partial charge in [-0.1, -0.05) is 13.3 Å². The number of halogens is 1. The van der Waals surface area contributed by atoms with Crippen LogP contribution >= 0.6 is 15.9 Å². The highest BCUT2D eigenvalue weighted by molar-refractivity contribution is 9.12. The Hall–Kier alpha value is -0.840. The third kappa shape index (κ3) is 5.86. The van der Waals surface area contributed by atoms with Gasteiger partial charge >= 0.3 is 11.9 Å². The molecule has 0 amide bonds. The van der Waals surface area contributed by atoms with Crippen molar-refractivity contribution in [1.29, 1.82) is 0 Å². The number of carbonyl (C=O) groups excluding carboxylic acids is 2. The first-order valence-corrected chi connectivity index (χ1v) is 6.60. The Labute approximate surface area is 110 Å². The quantitative estimate of drug-likeness (QED) is 0.536. The Morgan fingerprint density at radius 3 is 2.00 bits per heavy atom. The van der Waals surface area contributed by atoms with Gasteiger partial charge in [-0.3, -0.25) is 0 Å². The number of rotatable bonds is 7. The van der Waals surface area contributed by atoms with Gasteiger partial charge in [-0.15, -0.1) is 0 Å². The SMILES string of the molecule is CCCC/C(C(=O)OCC)=C(\Br)C(=O)OCC. The van der Waals surface area contributed by atoms with Crippen LogP contribution < -0.4 is 0 Å².